The van der Waals surface area contributed by atoms with Crippen LogP contribution in [0, 0.1) is 5.41 Å². The van der Waals surface area contributed by atoms with E-state index in [9.17, 15) is 0 Å². The summed E-state index contributed by atoms with van der Waals surface area (Å²) in [7, 11) is 0. The Morgan fingerprint density at radius 2 is 2.00 bits per heavy atom. The smallest absolute Gasteiger partial charge is 0.128 e. The molecular weight excluding hydrogens is 258 g/mol. The van der Waals surface area contributed by atoms with Crippen LogP contribution in [0.15, 0.2) is 30.3 Å². The van der Waals surface area contributed by atoms with Crippen LogP contribution in [0.3, 0.4) is 0 Å². The second-order valence-corrected chi connectivity index (χ2v) is 6.39. The van der Waals surface area contributed by atoms with Gasteiger partial charge < -0.3 is 5.73 Å². The molecule has 1 aliphatic rings. The first-order chi connectivity index (χ1) is 10.2. The molecule has 2 N–H and O–H groups in total. The number of anilines is 1. The van der Waals surface area contributed by atoms with Crippen LogP contribution in [0.5, 0.6) is 0 Å². The first-order valence-corrected chi connectivity index (χ1v) is 8.02. The maximum absolute atomic E-state index is 6.16. The largest absolute Gasteiger partial charge is 0.383 e. The third-order valence-corrected chi connectivity index (χ3v) is 5.25. The molecule has 2 heterocycles. The summed E-state index contributed by atoms with van der Waals surface area (Å²) in [6, 6.07) is 10.4. The fourth-order valence-electron chi connectivity index (χ4n) is 3.53. The first kappa shape index (κ1) is 14.3. The van der Waals surface area contributed by atoms with Gasteiger partial charge in [-0.15, -0.1) is 0 Å². The van der Waals surface area contributed by atoms with Crippen LogP contribution >= 0.6 is 0 Å². The fraction of sp³-hybridized carbons (Fsp3) is 0.500. The summed E-state index contributed by atoms with van der Waals surface area (Å²) in [5, 5.41) is 1.18. The minimum absolute atomic E-state index is 0.513. The summed E-state index contributed by atoms with van der Waals surface area (Å²) in [6.45, 7) is 7.92. The number of hydrogen-bond acceptors (Lipinski definition) is 3. The molecule has 3 nitrogen and oxygen atoms in total. The molecule has 2 aromatic rings. The van der Waals surface area contributed by atoms with E-state index in [1.54, 1.807) is 0 Å². The lowest BCUT2D eigenvalue weighted by molar-refractivity contribution is 0.236. The Morgan fingerprint density at radius 3 is 2.71 bits per heavy atom. The maximum Gasteiger partial charge on any atom is 0.128 e. The van der Waals surface area contributed by atoms with Crippen molar-refractivity contribution in [3.63, 3.8) is 0 Å². The number of benzene rings is 1. The van der Waals surface area contributed by atoms with Crippen molar-refractivity contribution in [1.29, 1.82) is 0 Å². The van der Waals surface area contributed by atoms with Crippen LogP contribution in [0.1, 0.15) is 38.7 Å². The summed E-state index contributed by atoms with van der Waals surface area (Å²) in [6.07, 6.45) is 3.85. The molecule has 3 rings (SSSR count). The predicted octanol–water partition coefficient (Wildman–Crippen LogP) is 3.83. The number of pyridine rings is 1. The first-order valence-electron chi connectivity index (χ1n) is 8.02. The Bertz CT molecular complexity index is 631. The van der Waals surface area contributed by atoms with Crippen LogP contribution in [-0.2, 0) is 6.54 Å². The highest BCUT2D eigenvalue weighted by molar-refractivity contribution is 5.81. The maximum atomic E-state index is 6.16. The van der Waals surface area contributed by atoms with E-state index >= 15 is 0 Å². The van der Waals surface area contributed by atoms with Crippen LogP contribution in [0.2, 0.25) is 0 Å². The number of aromatic nitrogens is 1. The fourth-order valence-corrected chi connectivity index (χ4v) is 3.53. The minimum atomic E-state index is 0.513. The average Bonchev–Trinajstić information content (AvgIpc) is 2.92. The van der Waals surface area contributed by atoms with E-state index in [2.05, 4.69) is 41.9 Å². The van der Waals surface area contributed by atoms with Gasteiger partial charge in [-0.05, 0) is 43.4 Å². The highest BCUT2D eigenvalue weighted by Crippen LogP contribution is 2.37. The Labute approximate surface area is 127 Å². The minimum Gasteiger partial charge on any atom is -0.383 e. The molecule has 0 unspecified atom stereocenters. The molecule has 0 radical (unpaired) electrons. The molecule has 0 bridgehead atoms. The van der Waals surface area contributed by atoms with Crippen LogP contribution < -0.4 is 5.73 Å². The Morgan fingerprint density at radius 1 is 1.24 bits per heavy atom. The number of nitrogens with two attached hydrogens (primary N) is 1. The summed E-state index contributed by atoms with van der Waals surface area (Å²) in [4.78, 5) is 7.08. The molecule has 0 spiro atoms. The quantitative estimate of drug-likeness (QED) is 0.927. The molecule has 112 valence electrons. The van der Waals surface area contributed by atoms with Crippen molar-refractivity contribution in [2.45, 2.75) is 39.7 Å². The number of para-hydroxylation sites is 1. The number of nitrogens with zero attached hydrogens (tertiary/aromatic N) is 2. The molecule has 1 saturated heterocycles. The van der Waals surface area contributed by atoms with Gasteiger partial charge in [0.15, 0.2) is 0 Å². The second-order valence-electron chi connectivity index (χ2n) is 6.39. The molecule has 1 aromatic heterocycles. The van der Waals surface area contributed by atoms with Crippen molar-refractivity contribution in [2.75, 3.05) is 18.8 Å². The molecule has 0 aliphatic carbocycles. The summed E-state index contributed by atoms with van der Waals surface area (Å²) < 4.78 is 0. The average molecular weight is 283 g/mol. The lowest BCUT2D eigenvalue weighted by Crippen LogP contribution is -2.26. The monoisotopic (exact) mass is 283 g/mol. The molecule has 0 amide bonds. The Balaban J connectivity index is 1.81. The molecule has 1 aliphatic heterocycles. The van der Waals surface area contributed by atoms with E-state index in [0.29, 0.717) is 11.2 Å². The third kappa shape index (κ3) is 2.75. The van der Waals surface area contributed by atoms with E-state index in [4.69, 9.17) is 5.73 Å². The summed E-state index contributed by atoms with van der Waals surface area (Å²) in [5.41, 5.74) is 8.82. The highest BCUT2D eigenvalue weighted by atomic mass is 15.2. The molecule has 21 heavy (non-hydrogen) atoms. The molecule has 3 heteroatoms. The van der Waals surface area contributed by atoms with Crippen LogP contribution in [0.25, 0.3) is 10.9 Å². The summed E-state index contributed by atoms with van der Waals surface area (Å²) >= 11 is 0. The van der Waals surface area contributed by atoms with E-state index < -0.39 is 0 Å². The zero-order valence-corrected chi connectivity index (χ0v) is 13.1. The van der Waals surface area contributed by atoms with Crippen LogP contribution in [-0.4, -0.2) is 23.0 Å². The van der Waals surface area contributed by atoms with Crippen molar-refractivity contribution in [3.05, 3.63) is 35.9 Å². The van der Waals surface area contributed by atoms with Crippen molar-refractivity contribution in [1.82, 2.24) is 9.88 Å². The van der Waals surface area contributed by atoms with Crippen LogP contribution in [0.4, 0.5) is 5.82 Å². The van der Waals surface area contributed by atoms with Gasteiger partial charge in [-0.1, -0.05) is 32.0 Å². The van der Waals surface area contributed by atoms with E-state index in [1.807, 2.05) is 12.1 Å². The number of nitrogen functional groups attached to an aromatic ring is 1. The van der Waals surface area contributed by atoms with Gasteiger partial charge in [0.05, 0.1) is 5.52 Å². The molecule has 0 saturated carbocycles. The Kier molecular flexibility index (Phi) is 3.85. The lowest BCUT2D eigenvalue weighted by Gasteiger charge is -2.26. The van der Waals surface area contributed by atoms with Gasteiger partial charge in [-0.3, -0.25) is 4.90 Å². The van der Waals surface area contributed by atoms with Gasteiger partial charge in [0.2, 0.25) is 0 Å². The number of fused-ring (bicyclic) bond motifs is 1. The SMILES string of the molecule is CCC1(CC)CCN(Cc2cc3ccccc3nc2N)C1. The topological polar surface area (TPSA) is 42.2 Å². The predicted molar refractivity (Wildman–Crippen MR) is 89.1 cm³/mol. The zero-order chi connectivity index (χ0) is 14.9. The normalized spacial score (nSPS) is 18.4. The summed E-state index contributed by atoms with van der Waals surface area (Å²) in [5.74, 6) is 0.680. The molecule has 1 fully saturated rings. The van der Waals surface area contributed by atoms with Gasteiger partial charge in [-0.2, -0.15) is 0 Å². The molecule has 1 aromatic carbocycles. The van der Waals surface area contributed by atoms with Gasteiger partial charge >= 0.3 is 0 Å². The van der Waals surface area contributed by atoms with Crippen molar-refractivity contribution < 1.29 is 0 Å². The number of likely N-dealkylation sites (tertiary alicyclic amines) is 1. The zero-order valence-electron chi connectivity index (χ0n) is 13.1. The highest BCUT2D eigenvalue weighted by Gasteiger charge is 2.34. The van der Waals surface area contributed by atoms with Crippen molar-refractivity contribution in [3.8, 4) is 0 Å². The standard InChI is InChI=1S/C18H25N3/c1-3-18(4-2)9-10-21(13-18)12-15-11-14-7-5-6-8-16(14)20-17(15)19/h5-8,11H,3-4,9-10,12-13H2,1-2H3,(H2,19,20). The van der Waals surface area contributed by atoms with E-state index in [0.717, 1.165) is 17.6 Å². The van der Waals surface area contributed by atoms with Gasteiger partial charge in [0.25, 0.3) is 0 Å². The van der Waals surface area contributed by atoms with Crippen molar-refractivity contribution >= 4 is 16.7 Å². The second kappa shape index (κ2) is 5.64. The van der Waals surface area contributed by atoms with Gasteiger partial charge in [0.1, 0.15) is 5.82 Å². The number of hydrogen-bond donors (Lipinski definition) is 1. The van der Waals surface area contributed by atoms with Crippen molar-refractivity contribution in [2.24, 2.45) is 5.41 Å². The van der Waals surface area contributed by atoms with Gasteiger partial charge in [0, 0.05) is 24.0 Å². The lowest BCUT2D eigenvalue weighted by atomic mass is 9.82. The molecular formula is C18H25N3. The van der Waals surface area contributed by atoms with E-state index in [1.165, 1.54) is 37.7 Å². The Hall–Kier alpha value is -1.61. The molecule has 0 atom stereocenters. The van der Waals surface area contributed by atoms with Gasteiger partial charge in [-0.25, -0.2) is 4.98 Å². The van der Waals surface area contributed by atoms with E-state index in [-0.39, 0.29) is 0 Å². The number of rotatable bonds is 4. The third-order valence-electron chi connectivity index (χ3n) is 5.25.